The zero-order valence-corrected chi connectivity index (χ0v) is 15.6. The second kappa shape index (κ2) is 6.79. The molecule has 2 aliphatic rings. The molecule has 8 nitrogen and oxygen atoms in total. The van der Waals surface area contributed by atoms with Crippen LogP contribution in [0.4, 0.5) is 16.2 Å². The summed E-state index contributed by atoms with van der Waals surface area (Å²) in [4.78, 5) is 31.5. The van der Waals surface area contributed by atoms with Gasteiger partial charge in [0.15, 0.2) is 5.71 Å². The highest BCUT2D eigenvalue weighted by Gasteiger charge is 2.53. The first-order valence-corrected chi connectivity index (χ1v) is 8.62. The molecule has 0 bridgehead atoms. The van der Waals surface area contributed by atoms with Crippen LogP contribution in [0.3, 0.4) is 0 Å². The average Bonchev–Trinajstić information content (AvgIpc) is 2.58. The first-order valence-electron chi connectivity index (χ1n) is 8.62. The van der Waals surface area contributed by atoms with Crippen molar-refractivity contribution in [2.75, 3.05) is 45.4 Å². The third-order valence-electron chi connectivity index (χ3n) is 4.98. The number of quaternary nitrogens is 1. The number of nitrogens with zero attached hydrogens (tertiary/aromatic N) is 3. The number of urea groups is 1. The molecule has 3 rings (SSSR count). The Labute approximate surface area is 152 Å². The number of hydrogen-bond acceptors (Lipinski definition) is 6. The number of anilines is 1. The number of aryl methyl sites for hydroxylation is 2. The fraction of sp³-hybridized carbons (Fsp3) is 0.500. The molecule has 0 aromatic heterocycles. The van der Waals surface area contributed by atoms with Crippen LogP contribution in [0, 0.1) is 13.8 Å². The van der Waals surface area contributed by atoms with Crippen molar-refractivity contribution in [3.05, 3.63) is 23.3 Å². The molecule has 3 amide bonds. The number of benzene rings is 1. The lowest BCUT2D eigenvalue weighted by molar-refractivity contribution is -0.825. The van der Waals surface area contributed by atoms with Gasteiger partial charge in [-0.05, 0) is 37.1 Å². The maximum atomic E-state index is 12.4. The Bertz CT molecular complexity index is 788. The molecule has 8 heteroatoms. The maximum Gasteiger partial charge on any atom is 0.425 e. The van der Waals surface area contributed by atoms with E-state index >= 15 is 0 Å². The number of amides is 3. The molecule has 1 aromatic carbocycles. The maximum absolute atomic E-state index is 12.4. The number of nitrogens with one attached hydrogen (secondary N) is 1. The molecule has 0 radical (unpaired) electrons. The number of hydrogen-bond donors (Lipinski definition) is 2. The Morgan fingerprint density at radius 1 is 1.23 bits per heavy atom. The topological polar surface area (TPSA) is 91.2 Å². The highest BCUT2D eigenvalue weighted by molar-refractivity contribution is 6.45. The average molecular weight is 361 g/mol. The van der Waals surface area contributed by atoms with Crippen molar-refractivity contribution in [2.45, 2.75) is 20.0 Å². The Hall–Kier alpha value is -2.29. The van der Waals surface area contributed by atoms with Gasteiger partial charge in [-0.25, -0.2) is 19.6 Å². The monoisotopic (exact) mass is 361 g/mol. The van der Waals surface area contributed by atoms with Crippen molar-refractivity contribution in [1.82, 2.24) is 5.32 Å². The van der Waals surface area contributed by atoms with Crippen LogP contribution in [0.1, 0.15) is 11.1 Å². The van der Waals surface area contributed by atoms with Gasteiger partial charge in [-0.15, -0.1) is 0 Å². The zero-order chi connectivity index (χ0) is 19.1. The Morgan fingerprint density at radius 3 is 2.62 bits per heavy atom. The minimum atomic E-state index is -0.524. The van der Waals surface area contributed by atoms with E-state index in [0.717, 1.165) is 16.8 Å². The van der Waals surface area contributed by atoms with Crippen molar-refractivity contribution >= 4 is 29.0 Å². The van der Waals surface area contributed by atoms with Crippen molar-refractivity contribution in [3.8, 4) is 0 Å². The smallest absolute Gasteiger partial charge is 0.394 e. The lowest BCUT2D eigenvalue weighted by Gasteiger charge is -2.46. The number of aliphatic hydroxyl groups excluding tert-OH is 1. The first kappa shape index (κ1) is 18.5. The molecule has 26 heavy (non-hydrogen) atoms. The molecule has 1 unspecified atom stereocenters. The quantitative estimate of drug-likeness (QED) is 0.599. The second-order valence-corrected chi connectivity index (χ2v) is 7.12. The van der Waals surface area contributed by atoms with Crippen LogP contribution in [0.25, 0.3) is 0 Å². The number of aliphatic hydroxyl groups is 1. The highest BCUT2D eigenvalue weighted by atomic mass is 16.5. The second-order valence-electron chi connectivity index (χ2n) is 7.12. The van der Waals surface area contributed by atoms with Gasteiger partial charge >= 0.3 is 6.03 Å². The van der Waals surface area contributed by atoms with Gasteiger partial charge in [-0.2, -0.15) is 0 Å². The van der Waals surface area contributed by atoms with Crippen LogP contribution in [-0.4, -0.2) is 73.9 Å². The van der Waals surface area contributed by atoms with Crippen molar-refractivity contribution in [1.29, 1.82) is 0 Å². The van der Waals surface area contributed by atoms with E-state index in [1.807, 2.05) is 30.9 Å². The van der Waals surface area contributed by atoms with Gasteiger partial charge in [-0.3, -0.25) is 4.79 Å². The largest absolute Gasteiger partial charge is 0.425 e. The van der Waals surface area contributed by atoms with Gasteiger partial charge in [0.05, 0.1) is 45.3 Å². The van der Waals surface area contributed by atoms with Gasteiger partial charge in [0.1, 0.15) is 0 Å². The summed E-state index contributed by atoms with van der Waals surface area (Å²) >= 11 is 0. The number of imide groups is 1. The van der Waals surface area contributed by atoms with Crippen LogP contribution in [0.2, 0.25) is 0 Å². The van der Waals surface area contributed by atoms with Gasteiger partial charge in [0.25, 0.3) is 5.91 Å². The molecule has 140 valence electrons. The minimum Gasteiger partial charge on any atom is -0.394 e. The van der Waals surface area contributed by atoms with Gasteiger partial charge in [0.2, 0.25) is 6.17 Å². The molecular weight excluding hydrogens is 336 g/mol. The number of rotatable bonds is 5. The molecule has 0 saturated carbocycles. The molecule has 1 saturated heterocycles. The first-order chi connectivity index (χ1) is 12.3. The third-order valence-corrected chi connectivity index (χ3v) is 4.98. The van der Waals surface area contributed by atoms with Crippen LogP contribution in [0.5, 0.6) is 0 Å². The molecule has 0 aliphatic carbocycles. The third kappa shape index (κ3) is 3.00. The van der Waals surface area contributed by atoms with E-state index in [4.69, 9.17) is 9.84 Å². The standard InChI is InChI=1S/C18H24N4O4/c1-11-9-13-14(10-12(11)2)21(5-7-26-8-6-23)17-15(19-13)16(24)20-18(25)22(17,3)4/h9-10,17,23H,5-8H2,1-4H3/p+1. The van der Waals surface area contributed by atoms with Crippen LogP contribution < -0.4 is 10.2 Å². The molecule has 1 fully saturated rings. The molecule has 1 atom stereocenters. The summed E-state index contributed by atoms with van der Waals surface area (Å²) in [5.74, 6) is -0.456. The molecule has 1 aromatic rings. The van der Waals surface area contributed by atoms with Gasteiger partial charge < -0.3 is 14.7 Å². The molecule has 2 aliphatic heterocycles. The molecule has 0 spiro atoms. The summed E-state index contributed by atoms with van der Waals surface area (Å²) in [7, 11) is 3.52. The van der Waals surface area contributed by atoms with Crippen LogP contribution >= 0.6 is 0 Å². The lowest BCUT2D eigenvalue weighted by Crippen LogP contribution is -2.74. The SMILES string of the molecule is Cc1cc2c(cc1C)N(CCOCCO)C1C(=N2)C(=O)NC(=O)[N+]1(C)C. The summed E-state index contributed by atoms with van der Waals surface area (Å²) in [5, 5.41) is 11.3. The van der Waals surface area contributed by atoms with E-state index in [2.05, 4.69) is 10.3 Å². The van der Waals surface area contributed by atoms with Crippen molar-refractivity contribution in [3.63, 3.8) is 0 Å². The van der Waals surface area contributed by atoms with E-state index < -0.39 is 12.1 Å². The summed E-state index contributed by atoms with van der Waals surface area (Å²) in [6.45, 7) is 5.06. The minimum absolute atomic E-state index is 0.0481. The number of ether oxygens (including phenoxy) is 1. The lowest BCUT2D eigenvalue weighted by atomic mass is 10.0. The van der Waals surface area contributed by atoms with E-state index in [0.29, 0.717) is 24.6 Å². The van der Waals surface area contributed by atoms with Crippen molar-refractivity contribution in [2.24, 2.45) is 4.99 Å². The van der Waals surface area contributed by atoms with E-state index in [1.165, 1.54) is 0 Å². The number of carbonyl (C=O) groups excluding carboxylic acids is 2. The summed E-state index contributed by atoms with van der Waals surface area (Å²) in [6, 6.07) is 3.63. The Balaban J connectivity index is 2.08. The van der Waals surface area contributed by atoms with Crippen LogP contribution in [0.15, 0.2) is 17.1 Å². The highest BCUT2D eigenvalue weighted by Crippen LogP contribution is 2.39. The summed E-state index contributed by atoms with van der Waals surface area (Å²) in [6.07, 6.45) is -0.524. The number of fused-ring (bicyclic) bond motifs is 2. The van der Waals surface area contributed by atoms with Crippen LogP contribution in [-0.2, 0) is 9.53 Å². The van der Waals surface area contributed by atoms with E-state index in [1.54, 1.807) is 14.1 Å². The van der Waals surface area contributed by atoms with E-state index in [9.17, 15) is 9.59 Å². The fourth-order valence-electron chi connectivity index (χ4n) is 3.38. The van der Waals surface area contributed by atoms with Gasteiger partial charge in [0, 0.05) is 6.54 Å². The number of carbonyl (C=O) groups is 2. The predicted octanol–water partition coefficient (Wildman–Crippen LogP) is 0.857. The number of aliphatic imine (C=N–C) groups is 1. The summed E-state index contributed by atoms with van der Waals surface area (Å²) in [5.41, 5.74) is 4.12. The normalized spacial score (nSPS) is 21.0. The van der Waals surface area contributed by atoms with Gasteiger partial charge in [-0.1, -0.05) is 0 Å². The predicted molar refractivity (Wildman–Crippen MR) is 97.7 cm³/mol. The fourth-order valence-corrected chi connectivity index (χ4v) is 3.38. The van der Waals surface area contributed by atoms with E-state index in [-0.39, 0.29) is 23.7 Å². The zero-order valence-electron chi connectivity index (χ0n) is 15.6. The van der Waals surface area contributed by atoms with Crippen molar-refractivity contribution < 1.29 is 23.9 Å². The molecular formula is C18H25N4O4+. The summed E-state index contributed by atoms with van der Waals surface area (Å²) < 4.78 is 5.37. The Kier molecular flexibility index (Phi) is 4.83. The molecule has 2 N–H and O–H groups in total. The molecule has 2 heterocycles. The Morgan fingerprint density at radius 2 is 1.92 bits per heavy atom.